The first-order valence-corrected chi connectivity index (χ1v) is 8.38. The molecular formula is C18H22N4O3. The van der Waals surface area contributed by atoms with Crippen LogP contribution < -0.4 is 0 Å². The zero-order valence-corrected chi connectivity index (χ0v) is 14.4. The predicted molar refractivity (Wildman–Crippen MR) is 91.1 cm³/mol. The lowest BCUT2D eigenvalue weighted by molar-refractivity contribution is -0.141. The molecule has 2 atom stereocenters. The molecular weight excluding hydrogens is 320 g/mol. The number of carbonyl (C=O) groups excluding carboxylic acids is 1. The summed E-state index contributed by atoms with van der Waals surface area (Å²) in [6.07, 6.45) is 4.23. The topological polar surface area (TPSA) is 99.2 Å². The van der Waals surface area contributed by atoms with Gasteiger partial charge in [-0.2, -0.15) is 5.10 Å². The van der Waals surface area contributed by atoms with Gasteiger partial charge in [-0.15, -0.1) is 0 Å². The molecule has 0 bridgehead atoms. The van der Waals surface area contributed by atoms with Gasteiger partial charge in [0, 0.05) is 49.9 Å². The molecule has 2 aromatic rings. The molecule has 3 heterocycles. The molecule has 1 aliphatic heterocycles. The maximum atomic E-state index is 12.6. The average molecular weight is 342 g/mol. The molecule has 0 aromatic carbocycles. The lowest BCUT2D eigenvalue weighted by Gasteiger charge is -2.16. The minimum atomic E-state index is -0.872. The van der Waals surface area contributed by atoms with Gasteiger partial charge < -0.3 is 10.0 Å². The Morgan fingerprint density at radius 3 is 2.76 bits per heavy atom. The Morgan fingerprint density at radius 1 is 1.36 bits per heavy atom. The zero-order valence-electron chi connectivity index (χ0n) is 14.4. The van der Waals surface area contributed by atoms with Gasteiger partial charge in [0.05, 0.1) is 11.6 Å². The maximum absolute atomic E-state index is 12.6. The second-order valence-electron chi connectivity index (χ2n) is 6.56. The first-order valence-electron chi connectivity index (χ1n) is 8.38. The largest absolute Gasteiger partial charge is 0.481 e. The van der Waals surface area contributed by atoms with Crippen LogP contribution in [-0.4, -0.2) is 50.2 Å². The van der Waals surface area contributed by atoms with Crippen LogP contribution in [-0.2, 0) is 16.0 Å². The molecule has 7 nitrogen and oxygen atoms in total. The molecule has 0 saturated carbocycles. The van der Waals surface area contributed by atoms with Gasteiger partial charge in [-0.25, -0.2) is 0 Å². The Morgan fingerprint density at radius 2 is 2.16 bits per heavy atom. The predicted octanol–water partition coefficient (Wildman–Crippen LogP) is 1.68. The van der Waals surface area contributed by atoms with E-state index in [1.807, 2.05) is 19.9 Å². The number of amides is 1. The number of likely N-dealkylation sites (tertiary alicyclic amines) is 1. The Balaban J connectivity index is 1.67. The van der Waals surface area contributed by atoms with Crippen molar-refractivity contribution in [3.05, 3.63) is 47.0 Å². The molecule has 0 aliphatic carbocycles. The maximum Gasteiger partial charge on any atom is 0.308 e. The third kappa shape index (κ3) is 3.55. The number of aromatic amines is 1. The van der Waals surface area contributed by atoms with E-state index in [1.54, 1.807) is 23.4 Å². The van der Waals surface area contributed by atoms with Crippen molar-refractivity contribution in [2.24, 2.45) is 5.92 Å². The summed E-state index contributed by atoms with van der Waals surface area (Å²) in [4.78, 5) is 29.9. The van der Waals surface area contributed by atoms with E-state index >= 15 is 0 Å². The summed E-state index contributed by atoms with van der Waals surface area (Å²) in [7, 11) is 0. The molecule has 0 radical (unpaired) electrons. The van der Waals surface area contributed by atoms with Gasteiger partial charge in [-0.3, -0.25) is 19.7 Å². The molecule has 1 amide bonds. The molecule has 1 saturated heterocycles. The Hall–Kier alpha value is -2.70. The number of H-pyrrole nitrogens is 1. The van der Waals surface area contributed by atoms with E-state index in [0.29, 0.717) is 19.4 Å². The van der Waals surface area contributed by atoms with Gasteiger partial charge in [-0.1, -0.05) is 6.07 Å². The van der Waals surface area contributed by atoms with Crippen molar-refractivity contribution in [1.29, 1.82) is 0 Å². The zero-order chi connectivity index (χ0) is 18.0. The standard InChI is InChI=1S/C18H22N4O3/c1-11-12(2)20-21-16(11)5-6-17(23)22-9-14(15(10-22)18(24)25)13-4-3-7-19-8-13/h3-4,7-8,14-15H,5-6,9-10H2,1-2H3,(H,20,21)(H,24,25)/t14-,15+/m1/s1. The summed E-state index contributed by atoms with van der Waals surface area (Å²) in [5.41, 5.74) is 3.84. The fourth-order valence-corrected chi connectivity index (χ4v) is 3.35. The highest BCUT2D eigenvalue weighted by Gasteiger charge is 2.40. The number of nitrogens with one attached hydrogen (secondary N) is 1. The van der Waals surface area contributed by atoms with Crippen molar-refractivity contribution in [2.45, 2.75) is 32.6 Å². The molecule has 0 spiro atoms. The third-order valence-corrected chi connectivity index (χ3v) is 5.03. The number of pyridine rings is 1. The van der Waals surface area contributed by atoms with Gasteiger partial charge in [0.15, 0.2) is 0 Å². The van der Waals surface area contributed by atoms with Gasteiger partial charge >= 0.3 is 5.97 Å². The number of aryl methyl sites for hydroxylation is 2. The molecule has 25 heavy (non-hydrogen) atoms. The van der Waals surface area contributed by atoms with Gasteiger partial charge in [0.25, 0.3) is 0 Å². The molecule has 1 fully saturated rings. The van der Waals surface area contributed by atoms with Crippen molar-refractivity contribution in [2.75, 3.05) is 13.1 Å². The molecule has 3 rings (SSSR count). The van der Waals surface area contributed by atoms with E-state index in [2.05, 4.69) is 15.2 Å². The number of carbonyl (C=O) groups is 2. The van der Waals surface area contributed by atoms with Crippen molar-refractivity contribution in [1.82, 2.24) is 20.1 Å². The summed E-state index contributed by atoms with van der Waals surface area (Å²) in [6.45, 7) is 4.59. The Bertz CT molecular complexity index is 772. The van der Waals surface area contributed by atoms with Gasteiger partial charge in [0.2, 0.25) is 5.91 Å². The number of rotatable bonds is 5. The van der Waals surface area contributed by atoms with Crippen LogP contribution in [0.1, 0.15) is 34.9 Å². The average Bonchev–Trinajstić information content (AvgIpc) is 3.19. The monoisotopic (exact) mass is 342 g/mol. The van der Waals surface area contributed by atoms with E-state index in [9.17, 15) is 14.7 Å². The van der Waals surface area contributed by atoms with E-state index in [4.69, 9.17) is 0 Å². The van der Waals surface area contributed by atoms with Crippen LogP contribution in [0.3, 0.4) is 0 Å². The van der Waals surface area contributed by atoms with Gasteiger partial charge in [0.1, 0.15) is 0 Å². The number of hydrogen-bond acceptors (Lipinski definition) is 4. The molecule has 1 aliphatic rings. The minimum absolute atomic E-state index is 0.0299. The summed E-state index contributed by atoms with van der Waals surface area (Å²) in [5.74, 6) is -1.72. The van der Waals surface area contributed by atoms with E-state index in [1.165, 1.54) is 0 Å². The van der Waals surface area contributed by atoms with E-state index < -0.39 is 11.9 Å². The quantitative estimate of drug-likeness (QED) is 0.861. The minimum Gasteiger partial charge on any atom is -0.481 e. The fraction of sp³-hybridized carbons (Fsp3) is 0.444. The van der Waals surface area contributed by atoms with Crippen molar-refractivity contribution in [3.8, 4) is 0 Å². The lowest BCUT2D eigenvalue weighted by atomic mass is 9.90. The molecule has 2 aromatic heterocycles. The number of hydrogen-bond donors (Lipinski definition) is 2. The summed E-state index contributed by atoms with van der Waals surface area (Å²) < 4.78 is 0. The first-order chi connectivity index (χ1) is 12.0. The number of carboxylic acid groups (broad SMARTS) is 1. The van der Waals surface area contributed by atoms with Crippen LogP contribution in [0, 0.1) is 19.8 Å². The molecule has 0 unspecified atom stereocenters. The smallest absolute Gasteiger partial charge is 0.308 e. The highest BCUT2D eigenvalue weighted by atomic mass is 16.4. The lowest BCUT2D eigenvalue weighted by Crippen LogP contribution is -2.30. The number of carboxylic acids is 1. The Labute approximate surface area is 146 Å². The van der Waals surface area contributed by atoms with E-state index in [0.717, 1.165) is 22.5 Å². The first kappa shape index (κ1) is 17.1. The van der Waals surface area contributed by atoms with Crippen LogP contribution in [0.2, 0.25) is 0 Å². The summed E-state index contributed by atoms with van der Waals surface area (Å²) >= 11 is 0. The Kier molecular flexibility index (Phi) is 4.83. The SMILES string of the molecule is Cc1[nH]nc(CCC(=O)N2C[C@H](C(=O)O)[C@@H](c3cccnc3)C2)c1C. The van der Waals surface area contributed by atoms with Crippen molar-refractivity contribution < 1.29 is 14.7 Å². The van der Waals surface area contributed by atoms with Crippen molar-refractivity contribution >= 4 is 11.9 Å². The summed E-state index contributed by atoms with van der Waals surface area (Å²) in [5, 5.41) is 16.7. The van der Waals surface area contributed by atoms with E-state index in [-0.39, 0.29) is 18.4 Å². The van der Waals surface area contributed by atoms with Crippen LogP contribution in [0.25, 0.3) is 0 Å². The number of nitrogens with zero attached hydrogens (tertiary/aromatic N) is 3. The van der Waals surface area contributed by atoms with Gasteiger partial charge in [-0.05, 0) is 31.0 Å². The second-order valence-corrected chi connectivity index (χ2v) is 6.56. The highest BCUT2D eigenvalue weighted by molar-refractivity contribution is 5.79. The van der Waals surface area contributed by atoms with Crippen molar-refractivity contribution in [3.63, 3.8) is 0 Å². The highest BCUT2D eigenvalue weighted by Crippen LogP contribution is 2.33. The van der Waals surface area contributed by atoms with Crippen LogP contribution in [0.5, 0.6) is 0 Å². The normalized spacial score (nSPS) is 20.0. The third-order valence-electron chi connectivity index (χ3n) is 5.03. The van der Waals surface area contributed by atoms with Crippen LogP contribution in [0.4, 0.5) is 0 Å². The van der Waals surface area contributed by atoms with Crippen LogP contribution in [0.15, 0.2) is 24.5 Å². The van der Waals surface area contributed by atoms with Crippen LogP contribution >= 0.6 is 0 Å². The summed E-state index contributed by atoms with van der Waals surface area (Å²) in [6, 6.07) is 3.67. The fourth-order valence-electron chi connectivity index (χ4n) is 3.35. The number of aromatic nitrogens is 3. The molecule has 2 N–H and O–H groups in total. The second kappa shape index (κ2) is 7.04. The number of aliphatic carboxylic acids is 1. The molecule has 7 heteroatoms. The molecule has 132 valence electrons.